The lowest BCUT2D eigenvalue weighted by atomic mass is 10.0. The molecule has 0 radical (unpaired) electrons. The van der Waals surface area contributed by atoms with Gasteiger partial charge in [-0.1, -0.05) is 34.8 Å². The lowest BCUT2D eigenvalue weighted by Crippen LogP contribution is -2.03. The van der Waals surface area contributed by atoms with Gasteiger partial charge in [0.2, 0.25) is 0 Å². The largest absolute Gasteiger partial charge is 0.481 e. The molecule has 1 aromatic heterocycles. The number of carboxylic acid groups (broad SMARTS) is 1. The summed E-state index contributed by atoms with van der Waals surface area (Å²) in [7, 11) is 0. The van der Waals surface area contributed by atoms with Crippen LogP contribution in [0.5, 0.6) is 0 Å². The SMILES string of the molecule is Cc1cc(CC(=O)O)c2c(Cl)c(Cl)cc(Cl)c2n1. The number of pyridine rings is 1. The third-order valence-electron chi connectivity index (χ3n) is 2.48. The van der Waals surface area contributed by atoms with E-state index < -0.39 is 5.97 Å². The maximum Gasteiger partial charge on any atom is 0.307 e. The Morgan fingerprint density at radius 2 is 1.94 bits per heavy atom. The zero-order valence-corrected chi connectivity index (χ0v) is 11.6. The molecule has 18 heavy (non-hydrogen) atoms. The minimum absolute atomic E-state index is 0.156. The zero-order valence-electron chi connectivity index (χ0n) is 9.30. The van der Waals surface area contributed by atoms with Crippen LogP contribution in [0.25, 0.3) is 10.9 Å². The number of carbonyl (C=O) groups is 1. The summed E-state index contributed by atoms with van der Waals surface area (Å²) in [4.78, 5) is 15.2. The summed E-state index contributed by atoms with van der Waals surface area (Å²) in [5.74, 6) is -0.950. The number of nitrogens with zero attached hydrogens (tertiary/aromatic N) is 1. The van der Waals surface area contributed by atoms with Gasteiger partial charge in [0.1, 0.15) is 0 Å². The van der Waals surface area contributed by atoms with Gasteiger partial charge in [-0.05, 0) is 24.6 Å². The molecule has 1 N–H and O–H groups in total. The quantitative estimate of drug-likeness (QED) is 0.849. The van der Waals surface area contributed by atoms with Crippen LogP contribution in [0.4, 0.5) is 0 Å². The number of halogens is 3. The second-order valence-corrected chi connectivity index (χ2v) is 5.06. The minimum atomic E-state index is -0.950. The van der Waals surface area contributed by atoms with Crippen molar-refractivity contribution in [2.75, 3.05) is 0 Å². The van der Waals surface area contributed by atoms with E-state index in [1.54, 1.807) is 13.0 Å². The van der Waals surface area contributed by atoms with Crippen molar-refractivity contribution >= 4 is 51.7 Å². The van der Waals surface area contributed by atoms with E-state index >= 15 is 0 Å². The molecule has 0 spiro atoms. The number of rotatable bonds is 2. The van der Waals surface area contributed by atoms with Crippen LogP contribution in [-0.2, 0) is 11.2 Å². The van der Waals surface area contributed by atoms with Crippen LogP contribution in [0, 0.1) is 6.92 Å². The van der Waals surface area contributed by atoms with Crippen LogP contribution in [-0.4, -0.2) is 16.1 Å². The summed E-state index contributed by atoms with van der Waals surface area (Å²) >= 11 is 18.1. The highest BCUT2D eigenvalue weighted by Crippen LogP contribution is 2.37. The number of aryl methyl sites for hydroxylation is 1. The summed E-state index contributed by atoms with van der Waals surface area (Å²) in [6.45, 7) is 1.77. The molecule has 6 heteroatoms. The van der Waals surface area contributed by atoms with Crippen LogP contribution in [0.2, 0.25) is 15.1 Å². The summed E-state index contributed by atoms with van der Waals surface area (Å²) < 4.78 is 0. The summed E-state index contributed by atoms with van der Waals surface area (Å²) in [5.41, 5.74) is 1.71. The van der Waals surface area contributed by atoms with Crippen LogP contribution in [0.1, 0.15) is 11.3 Å². The Hall–Kier alpha value is -1.03. The zero-order chi connectivity index (χ0) is 13.4. The molecule has 0 saturated carbocycles. The average molecular weight is 305 g/mol. The third kappa shape index (κ3) is 2.39. The standard InChI is InChI=1S/C12H8Cl3NO2/c1-5-2-6(3-9(17)18)10-11(15)7(13)4-8(14)12(10)16-5/h2,4H,3H2,1H3,(H,17,18). The molecule has 0 unspecified atom stereocenters. The van der Waals surface area contributed by atoms with Crippen molar-refractivity contribution in [3.63, 3.8) is 0 Å². The lowest BCUT2D eigenvalue weighted by Gasteiger charge is -2.10. The van der Waals surface area contributed by atoms with Crippen molar-refractivity contribution in [2.24, 2.45) is 0 Å². The monoisotopic (exact) mass is 303 g/mol. The van der Waals surface area contributed by atoms with Gasteiger partial charge in [0.05, 0.1) is 27.0 Å². The van der Waals surface area contributed by atoms with Gasteiger partial charge in [0, 0.05) is 11.1 Å². The highest BCUT2D eigenvalue weighted by molar-refractivity contribution is 6.47. The topological polar surface area (TPSA) is 50.2 Å². The van der Waals surface area contributed by atoms with E-state index in [4.69, 9.17) is 39.9 Å². The van der Waals surface area contributed by atoms with Crippen LogP contribution < -0.4 is 0 Å². The van der Waals surface area contributed by atoms with E-state index in [1.807, 2.05) is 0 Å². The molecular formula is C12H8Cl3NO2. The number of aromatic nitrogens is 1. The summed E-state index contributed by atoms with van der Waals surface area (Å²) in [6.07, 6.45) is -0.156. The molecule has 1 aromatic carbocycles. The first-order chi connectivity index (χ1) is 8.40. The van der Waals surface area contributed by atoms with Gasteiger partial charge in [-0.25, -0.2) is 0 Å². The molecule has 2 aromatic rings. The Labute approximate surface area is 118 Å². The van der Waals surface area contributed by atoms with E-state index in [0.29, 0.717) is 27.2 Å². The minimum Gasteiger partial charge on any atom is -0.481 e. The van der Waals surface area contributed by atoms with E-state index in [-0.39, 0.29) is 16.5 Å². The van der Waals surface area contributed by atoms with E-state index in [1.165, 1.54) is 6.07 Å². The first-order valence-corrected chi connectivity index (χ1v) is 6.19. The first kappa shape index (κ1) is 13.4. The molecule has 0 atom stereocenters. The third-order valence-corrected chi connectivity index (χ3v) is 3.56. The van der Waals surface area contributed by atoms with Gasteiger partial charge in [0.15, 0.2) is 0 Å². The average Bonchev–Trinajstić information content (AvgIpc) is 2.24. The normalized spacial score (nSPS) is 10.9. The fraction of sp³-hybridized carbons (Fsp3) is 0.167. The number of aliphatic carboxylic acids is 1. The Kier molecular flexibility index (Phi) is 3.66. The lowest BCUT2D eigenvalue weighted by molar-refractivity contribution is -0.136. The van der Waals surface area contributed by atoms with Crippen LogP contribution in [0.15, 0.2) is 12.1 Å². The highest BCUT2D eigenvalue weighted by Gasteiger charge is 2.16. The van der Waals surface area contributed by atoms with Crippen molar-refractivity contribution in [3.8, 4) is 0 Å². The van der Waals surface area contributed by atoms with Crippen molar-refractivity contribution in [1.82, 2.24) is 4.98 Å². The molecule has 0 aliphatic heterocycles. The number of hydrogen-bond acceptors (Lipinski definition) is 2. The van der Waals surface area contributed by atoms with Gasteiger partial charge in [-0.2, -0.15) is 0 Å². The molecule has 0 aliphatic rings. The van der Waals surface area contributed by atoms with Gasteiger partial charge < -0.3 is 5.11 Å². The fourth-order valence-corrected chi connectivity index (χ4v) is 2.59. The van der Waals surface area contributed by atoms with E-state index in [0.717, 1.165) is 0 Å². The number of benzene rings is 1. The van der Waals surface area contributed by atoms with Crippen molar-refractivity contribution in [1.29, 1.82) is 0 Å². The molecule has 0 saturated heterocycles. The predicted octanol–water partition coefficient (Wildman–Crippen LogP) is 4.13. The fourth-order valence-electron chi connectivity index (χ4n) is 1.82. The second kappa shape index (κ2) is 4.92. The van der Waals surface area contributed by atoms with Gasteiger partial charge in [-0.3, -0.25) is 9.78 Å². The molecular weight excluding hydrogens is 296 g/mol. The Balaban J connectivity index is 2.88. The van der Waals surface area contributed by atoms with Crippen molar-refractivity contribution in [3.05, 3.63) is 38.5 Å². The van der Waals surface area contributed by atoms with Gasteiger partial charge >= 0.3 is 5.97 Å². The Bertz CT molecular complexity index is 656. The molecule has 0 bridgehead atoms. The molecule has 0 amide bonds. The molecule has 94 valence electrons. The number of fused-ring (bicyclic) bond motifs is 1. The molecule has 1 heterocycles. The van der Waals surface area contributed by atoms with Crippen molar-refractivity contribution in [2.45, 2.75) is 13.3 Å². The highest BCUT2D eigenvalue weighted by atomic mass is 35.5. The second-order valence-electron chi connectivity index (χ2n) is 3.87. The maximum atomic E-state index is 10.9. The Morgan fingerprint density at radius 3 is 2.56 bits per heavy atom. The predicted molar refractivity (Wildman–Crippen MR) is 72.8 cm³/mol. The number of carboxylic acids is 1. The van der Waals surface area contributed by atoms with Crippen molar-refractivity contribution < 1.29 is 9.90 Å². The van der Waals surface area contributed by atoms with E-state index in [9.17, 15) is 4.79 Å². The van der Waals surface area contributed by atoms with Crippen LogP contribution >= 0.6 is 34.8 Å². The molecule has 2 rings (SSSR count). The first-order valence-electron chi connectivity index (χ1n) is 5.05. The van der Waals surface area contributed by atoms with Gasteiger partial charge in [0.25, 0.3) is 0 Å². The van der Waals surface area contributed by atoms with E-state index in [2.05, 4.69) is 4.98 Å². The molecule has 0 fully saturated rings. The molecule has 3 nitrogen and oxygen atoms in total. The summed E-state index contributed by atoms with van der Waals surface area (Å²) in [5, 5.41) is 10.3. The summed E-state index contributed by atoms with van der Waals surface area (Å²) in [6, 6.07) is 3.18. The smallest absolute Gasteiger partial charge is 0.307 e. The Morgan fingerprint density at radius 1 is 1.28 bits per heavy atom. The number of hydrogen-bond donors (Lipinski definition) is 1. The maximum absolute atomic E-state index is 10.9. The van der Waals surface area contributed by atoms with Crippen LogP contribution in [0.3, 0.4) is 0 Å². The molecule has 0 aliphatic carbocycles. The van der Waals surface area contributed by atoms with Gasteiger partial charge in [-0.15, -0.1) is 0 Å².